The largest absolute Gasteiger partial charge is 0.481 e. The predicted octanol–water partition coefficient (Wildman–Crippen LogP) is 5.97. The summed E-state index contributed by atoms with van der Waals surface area (Å²) >= 11 is 0. The van der Waals surface area contributed by atoms with Crippen LogP contribution in [0.3, 0.4) is 0 Å². The quantitative estimate of drug-likeness (QED) is 0.175. The molecule has 28 heavy (non-hydrogen) atoms. The topological polar surface area (TPSA) is 113 Å². The second-order valence-electron chi connectivity index (χ2n) is 6.85. The third-order valence-electron chi connectivity index (χ3n) is 3.66. The molecule has 0 bridgehead atoms. The molecule has 0 rings (SSSR count). The van der Waals surface area contributed by atoms with Gasteiger partial charge in [0.25, 0.3) is 0 Å². The third kappa shape index (κ3) is 18.6. The Morgan fingerprint density at radius 3 is 1.86 bits per heavy atom. The van der Waals surface area contributed by atoms with E-state index in [0.29, 0.717) is 0 Å². The first kappa shape index (κ1) is 27.2. The molecule has 0 saturated heterocycles. The summed E-state index contributed by atoms with van der Waals surface area (Å²) in [6.45, 7) is 8.22. The van der Waals surface area contributed by atoms with E-state index in [1.54, 1.807) is 6.08 Å². The maximum atomic E-state index is 11.2. The van der Waals surface area contributed by atoms with Gasteiger partial charge in [0.2, 0.25) is 0 Å². The van der Waals surface area contributed by atoms with Gasteiger partial charge in [-0.15, -0.1) is 0 Å². The smallest absolute Gasteiger partial charge is 0.302 e. The lowest BCUT2D eigenvalue weighted by Gasteiger charge is -2.10. The van der Waals surface area contributed by atoms with Crippen molar-refractivity contribution >= 4 is 15.6 Å². The van der Waals surface area contributed by atoms with Crippen molar-refractivity contribution in [2.24, 2.45) is 0 Å². The molecule has 0 aromatic carbocycles. The highest BCUT2D eigenvalue weighted by Crippen LogP contribution is 2.57. The standard InChI is InChI=1S/C19H34O7P2/c1-17(2)11-9-13-19(4)15-10-14-18(3)12-7-5-6-8-16-25-28(23,24)26-27(20,21)22/h6,8,11-12,15H,5,7,9-10,13-14,16H2,1-4H3,(H,23,24)(H2,20,21,22)/b8-6+,18-12+,19-15+. The van der Waals surface area contributed by atoms with Crippen LogP contribution >= 0.6 is 15.6 Å². The van der Waals surface area contributed by atoms with E-state index in [4.69, 9.17) is 14.7 Å². The lowest BCUT2D eigenvalue weighted by molar-refractivity contribution is 0.191. The van der Waals surface area contributed by atoms with E-state index in [2.05, 4.69) is 54.8 Å². The summed E-state index contributed by atoms with van der Waals surface area (Å²) in [7, 11) is -9.82. The summed E-state index contributed by atoms with van der Waals surface area (Å²) in [4.78, 5) is 26.0. The zero-order valence-electron chi connectivity index (χ0n) is 17.2. The Kier molecular flexibility index (Phi) is 13.8. The molecule has 0 amide bonds. The van der Waals surface area contributed by atoms with Crippen LogP contribution in [-0.2, 0) is 18.0 Å². The molecule has 0 radical (unpaired) electrons. The lowest BCUT2D eigenvalue weighted by atomic mass is 10.1. The van der Waals surface area contributed by atoms with Crippen LogP contribution in [0.1, 0.15) is 66.2 Å². The van der Waals surface area contributed by atoms with Crippen molar-refractivity contribution in [1.29, 1.82) is 0 Å². The molecule has 0 aliphatic carbocycles. The summed E-state index contributed by atoms with van der Waals surface area (Å²) in [5.41, 5.74) is 4.08. The highest BCUT2D eigenvalue weighted by atomic mass is 31.3. The van der Waals surface area contributed by atoms with Crippen molar-refractivity contribution in [3.05, 3.63) is 47.1 Å². The van der Waals surface area contributed by atoms with Crippen LogP contribution in [0.25, 0.3) is 0 Å². The van der Waals surface area contributed by atoms with Crippen LogP contribution in [0, 0.1) is 0 Å². The molecule has 0 spiro atoms. The Morgan fingerprint density at radius 2 is 1.32 bits per heavy atom. The van der Waals surface area contributed by atoms with Crippen LogP contribution in [0.2, 0.25) is 0 Å². The maximum Gasteiger partial charge on any atom is 0.481 e. The molecule has 0 heterocycles. The fraction of sp³-hybridized carbons (Fsp3) is 0.579. The van der Waals surface area contributed by atoms with Crippen LogP contribution in [-0.4, -0.2) is 21.3 Å². The molecular formula is C19H34O7P2. The fourth-order valence-corrected chi connectivity index (χ4v) is 3.78. The van der Waals surface area contributed by atoms with E-state index >= 15 is 0 Å². The third-order valence-corrected chi connectivity index (χ3v) is 5.81. The monoisotopic (exact) mass is 436 g/mol. The Labute approximate surface area is 168 Å². The first-order valence-corrected chi connectivity index (χ1v) is 12.3. The van der Waals surface area contributed by atoms with Gasteiger partial charge in [-0.3, -0.25) is 4.52 Å². The van der Waals surface area contributed by atoms with Crippen LogP contribution in [0.4, 0.5) is 0 Å². The molecule has 0 aliphatic rings. The maximum absolute atomic E-state index is 11.2. The van der Waals surface area contributed by atoms with E-state index < -0.39 is 15.6 Å². The Balaban J connectivity index is 4.00. The summed E-state index contributed by atoms with van der Waals surface area (Å²) in [6.07, 6.45) is 15.8. The normalized spacial score (nSPS) is 15.7. The number of unbranched alkanes of at least 4 members (excludes halogenated alkanes) is 1. The molecule has 0 aromatic heterocycles. The van der Waals surface area contributed by atoms with Gasteiger partial charge >= 0.3 is 15.6 Å². The van der Waals surface area contributed by atoms with Crippen molar-refractivity contribution in [1.82, 2.24) is 0 Å². The van der Waals surface area contributed by atoms with Gasteiger partial charge in [0.1, 0.15) is 0 Å². The van der Waals surface area contributed by atoms with E-state index in [1.165, 1.54) is 22.8 Å². The van der Waals surface area contributed by atoms with Gasteiger partial charge in [0, 0.05) is 0 Å². The summed E-state index contributed by atoms with van der Waals surface area (Å²) in [5.74, 6) is 0. The van der Waals surface area contributed by atoms with Gasteiger partial charge in [-0.25, -0.2) is 9.13 Å². The Bertz CT molecular complexity index is 668. The van der Waals surface area contributed by atoms with Crippen LogP contribution < -0.4 is 0 Å². The van der Waals surface area contributed by atoms with Crippen molar-refractivity contribution in [2.45, 2.75) is 66.2 Å². The van der Waals surface area contributed by atoms with Crippen molar-refractivity contribution in [3.8, 4) is 0 Å². The summed E-state index contributed by atoms with van der Waals surface area (Å²) in [6, 6.07) is 0. The molecule has 7 nitrogen and oxygen atoms in total. The molecule has 0 saturated carbocycles. The zero-order valence-corrected chi connectivity index (χ0v) is 19.0. The van der Waals surface area contributed by atoms with E-state index in [-0.39, 0.29) is 6.61 Å². The van der Waals surface area contributed by atoms with E-state index in [1.807, 2.05) is 0 Å². The Hall–Kier alpha value is -0.780. The van der Waals surface area contributed by atoms with Gasteiger partial charge in [-0.1, -0.05) is 47.1 Å². The SMILES string of the molecule is CC(C)=CCC/C(C)=C/CC/C(C)=C/CC/C=C/COP(=O)(O)OP(=O)(O)O. The molecule has 3 N–H and O–H groups in total. The van der Waals surface area contributed by atoms with Crippen molar-refractivity contribution in [3.63, 3.8) is 0 Å². The summed E-state index contributed by atoms with van der Waals surface area (Å²) < 4.78 is 29.8. The average Bonchev–Trinajstić information content (AvgIpc) is 2.51. The van der Waals surface area contributed by atoms with Crippen LogP contribution in [0.5, 0.6) is 0 Å². The second kappa shape index (κ2) is 14.2. The number of hydrogen-bond acceptors (Lipinski definition) is 4. The first-order chi connectivity index (χ1) is 12.9. The fourth-order valence-electron chi connectivity index (χ4n) is 2.25. The van der Waals surface area contributed by atoms with Gasteiger partial charge < -0.3 is 14.7 Å². The molecule has 1 unspecified atom stereocenters. The van der Waals surface area contributed by atoms with Gasteiger partial charge in [0.05, 0.1) is 6.61 Å². The highest BCUT2D eigenvalue weighted by Gasteiger charge is 2.31. The van der Waals surface area contributed by atoms with E-state index in [9.17, 15) is 9.13 Å². The molecule has 0 aromatic rings. The van der Waals surface area contributed by atoms with Gasteiger partial charge in [-0.05, 0) is 66.2 Å². The van der Waals surface area contributed by atoms with Crippen molar-refractivity contribution in [2.75, 3.05) is 6.61 Å². The first-order valence-electron chi connectivity index (χ1n) is 9.25. The van der Waals surface area contributed by atoms with Crippen LogP contribution in [0.15, 0.2) is 47.1 Å². The second-order valence-corrected chi connectivity index (χ2v) is 9.67. The predicted molar refractivity (Wildman–Crippen MR) is 113 cm³/mol. The number of hydrogen-bond donors (Lipinski definition) is 3. The lowest BCUT2D eigenvalue weighted by Crippen LogP contribution is -1.93. The van der Waals surface area contributed by atoms with Crippen molar-refractivity contribution < 1.29 is 32.6 Å². The minimum Gasteiger partial charge on any atom is -0.302 e. The molecule has 9 heteroatoms. The summed E-state index contributed by atoms with van der Waals surface area (Å²) in [5, 5.41) is 0. The highest BCUT2D eigenvalue weighted by molar-refractivity contribution is 7.60. The van der Waals surface area contributed by atoms with Gasteiger partial charge in [-0.2, -0.15) is 4.31 Å². The average molecular weight is 436 g/mol. The molecule has 162 valence electrons. The number of phosphoric ester groups is 1. The number of rotatable bonds is 14. The Morgan fingerprint density at radius 1 is 0.786 bits per heavy atom. The minimum atomic E-state index is -5.07. The molecule has 1 atom stereocenters. The molecule has 0 fully saturated rings. The van der Waals surface area contributed by atoms with Gasteiger partial charge in [0.15, 0.2) is 0 Å². The minimum absolute atomic E-state index is 0.271. The zero-order chi connectivity index (χ0) is 21.6. The number of allylic oxidation sites excluding steroid dienone is 7. The van der Waals surface area contributed by atoms with E-state index in [0.717, 1.165) is 38.5 Å². The molecular weight excluding hydrogens is 402 g/mol. The molecule has 0 aliphatic heterocycles. The number of phosphoric acid groups is 2.